The van der Waals surface area contributed by atoms with Crippen molar-refractivity contribution in [2.45, 2.75) is 6.92 Å². The minimum absolute atomic E-state index is 0.309. The van der Waals surface area contributed by atoms with E-state index < -0.39 is 0 Å². The molecule has 1 heterocycles. The molecule has 0 aliphatic heterocycles. The highest BCUT2D eigenvalue weighted by Gasteiger charge is 2.09. The van der Waals surface area contributed by atoms with E-state index in [1.54, 1.807) is 18.2 Å². The molecule has 19 heavy (non-hydrogen) atoms. The molecule has 1 N–H and O–H groups in total. The predicted octanol–water partition coefficient (Wildman–Crippen LogP) is 3.95. The van der Waals surface area contributed by atoms with Crippen LogP contribution in [0.4, 0.5) is 10.2 Å². The Hall–Kier alpha value is -1.93. The second-order valence-electron chi connectivity index (χ2n) is 3.86. The summed E-state index contributed by atoms with van der Waals surface area (Å²) in [6.45, 7) is 2.61. The van der Waals surface area contributed by atoms with E-state index in [1.165, 1.54) is 12.1 Å². The van der Waals surface area contributed by atoms with Crippen LogP contribution in [-0.2, 0) is 0 Å². The van der Waals surface area contributed by atoms with Gasteiger partial charge in [-0.2, -0.15) is 5.26 Å². The van der Waals surface area contributed by atoms with Gasteiger partial charge >= 0.3 is 0 Å². The number of nitriles is 1. The second kappa shape index (κ2) is 5.81. The fourth-order valence-electron chi connectivity index (χ4n) is 1.70. The van der Waals surface area contributed by atoms with Crippen molar-refractivity contribution in [3.63, 3.8) is 0 Å². The average Bonchev–Trinajstić information content (AvgIpc) is 2.39. The molecule has 0 spiro atoms. The molecule has 1 aromatic heterocycles. The Morgan fingerprint density at radius 2 is 2.16 bits per heavy atom. The number of aromatic nitrogens is 1. The first-order chi connectivity index (χ1) is 9.15. The summed E-state index contributed by atoms with van der Waals surface area (Å²) in [6.07, 6.45) is 0. The Morgan fingerprint density at radius 1 is 1.37 bits per heavy atom. The molecule has 0 aliphatic rings. The maximum Gasteiger partial charge on any atom is 0.144 e. The van der Waals surface area contributed by atoms with Crippen LogP contribution in [0, 0.1) is 17.1 Å². The van der Waals surface area contributed by atoms with Gasteiger partial charge in [0.1, 0.15) is 17.7 Å². The van der Waals surface area contributed by atoms with Gasteiger partial charge in [0.15, 0.2) is 0 Å². The van der Waals surface area contributed by atoms with Crippen molar-refractivity contribution >= 4 is 21.7 Å². The van der Waals surface area contributed by atoms with Crippen LogP contribution < -0.4 is 5.32 Å². The summed E-state index contributed by atoms with van der Waals surface area (Å²) in [6, 6.07) is 9.97. The second-order valence-corrected chi connectivity index (χ2v) is 4.71. The van der Waals surface area contributed by atoms with Gasteiger partial charge in [-0.05, 0) is 53.2 Å². The van der Waals surface area contributed by atoms with E-state index in [4.69, 9.17) is 5.26 Å². The van der Waals surface area contributed by atoms with Crippen LogP contribution in [-0.4, -0.2) is 11.5 Å². The molecule has 0 aliphatic carbocycles. The third-order valence-electron chi connectivity index (χ3n) is 2.57. The molecule has 5 heteroatoms. The lowest BCUT2D eigenvalue weighted by Gasteiger charge is -2.09. The van der Waals surface area contributed by atoms with E-state index in [2.05, 4.69) is 32.3 Å². The Morgan fingerprint density at radius 3 is 2.79 bits per heavy atom. The molecule has 1 aromatic carbocycles. The largest absolute Gasteiger partial charge is 0.369 e. The standard InChI is InChI=1S/C14H11BrFN3/c1-2-18-14-9(8-17)3-6-13(19-14)11-5-4-10(16)7-12(11)15/h3-7H,2H2,1H3,(H,18,19). The zero-order chi connectivity index (χ0) is 13.8. The normalized spacial score (nSPS) is 10.0. The number of pyridine rings is 1. The summed E-state index contributed by atoms with van der Waals surface area (Å²) in [5, 5.41) is 12.1. The number of hydrogen-bond acceptors (Lipinski definition) is 3. The number of hydrogen-bond donors (Lipinski definition) is 1. The van der Waals surface area contributed by atoms with Crippen molar-refractivity contribution in [2.24, 2.45) is 0 Å². The van der Waals surface area contributed by atoms with Gasteiger partial charge in [-0.25, -0.2) is 9.37 Å². The van der Waals surface area contributed by atoms with Gasteiger partial charge in [-0.15, -0.1) is 0 Å². The Bertz CT molecular complexity index is 650. The summed E-state index contributed by atoms with van der Waals surface area (Å²) >= 11 is 3.32. The smallest absolute Gasteiger partial charge is 0.144 e. The third-order valence-corrected chi connectivity index (χ3v) is 3.22. The topological polar surface area (TPSA) is 48.7 Å². The SMILES string of the molecule is CCNc1nc(-c2ccc(F)cc2Br)ccc1C#N. The molecular formula is C14H11BrFN3. The number of nitrogens with zero attached hydrogens (tertiary/aromatic N) is 2. The number of nitrogens with one attached hydrogen (secondary N) is 1. The van der Waals surface area contributed by atoms with E-state index in [9.17, 15) is 4.39 Å². The van der Waals surface area contributed by atoms with Crippen molar-refractivity contribution in [3.05, 3.63) is 46.2 Å². The van der Waals surface area contributed by atoms with Crippen molar-refractivity contribution in [2.75, 3.05) is 11.9 Å². The molecule has 0 radical (unpaired) electrons. The zero-order valence-electron chi connectivity index (χ0n) is 10.2. The summed E-state index contributed by atoms with van der Waals surface area (Å²) < 4.78 is 13.7. The molecule has 0 unspecified atom stereocenters. The minimum atomic E-state index is -0.309. The molecule has 96 valence electrons. The fraction of sp³-hybridized carbons (Fsp3) is 0.143. The summed E-state index contributed by atoms with van der Waals surface area (Å²) in [4.78, 5) is 4.41. The van der Waals surface area contributed by atoms with E-state index in [0.29, 0.717) is 28.1 Å². The number of anilines is 1. The maximum atomic E-state index is 13.1. The highest BCUT2D eigenvalue weighted by molar-refractivity contribution is 9.10. The van der Waals surface area contributed by atoms with Gasteiger partial charge in [0, 0.05) is 16.6 Å². The predicted molar refractivity (Wildman–Crippen MR) is 76.2 cm³/mol. The fourth-order valence-corrected chi connectivity index (χ4v) is 2.25. The first kappa shape index (κ1) is 13.5. The Labute approximate surface area is 119 Å². The lowest BCUT2D eigenvalue weighted by atomic mass is 10.1. The molecule has 2 aromatic rings. The first-order valence-electron chi connectivity index (χ1n) is 5.76. The Kier molecular flexibility index (Phi) is 4.13. The monoisotopic (exact) mass is 319 g/mol. The quantitative estimate of drug-likeness (QED) is 0.931. The number of halogens is 2. The molecule has 0 amide bonds. The summed E-state index contributed by atoms with van der Waals surface area (Å²) in [5.41, 5.74) is 1.95. The van der Waals surface area contributed by atoms with E-state index in [0.717, 1.165) is 5.56 Å². The first-order valence-corrected chi connectivity index (χ1v) is 6.55. The van der Waals surface area contributed by atoms with Gasteiger partial charge < -0.3 is 5.32 Å². The van der Waals surface area contributed by atoms with Crippen LogP contribution >= 0.6 is 15.9 Å². The number of rotatable bonds is 3. The van der Waals surface area contributed by atoms with Gasteiger partial charge in [-0.1, -0.05) is 0 Å². The molecular weight excluding hydrogens is 309 g/mol. The van der Waals surface area contributed by atoms with Gasteiger partial charge in [0.05, 0.1) is 11.3 Å². The zero-order valence-corrected chi connectivity index (χ0v) is 11.8. The summed E-state index contributed by atoms with van der Waals surface area (Å²) in [5.74, 6) is 0.231. The Balaban J connectivity index is 2.51. The molecule has 0 bridgehead atoms. The van der Waals surface area contributed by atoms with Crippen molar-refractivity contribution in [1.82, 2.24) is 4.98 Å². The molecule has 0 saturated carbocycles. The van der Waals surface area contributed by atoms with Crippen LogP contribution in [0.1, 0.15) is 12.5 Å². The highest BCUT2D eigenvalue weighted by Crippen LogP contribution is 2.29. The van der Waals surface area contributed by atoms with Crippen molar-refractivity contribution in [3.8, 4) is 17.3 Å². The maximum absolute atomic E-state index is 13.1. The van der Waals surface area contributed by atoms with E-state index >= 15 is 0 Å². The van der Waals surface area contributed by atoms with Gasteiger partial charge in [0.2, 0.25) is 0 Å². The highest BCUT2D eigenvalue weighted by atomic mass is 79.9. The lowest BCUT2D eigenvalue weighted by molar-refractivity contribution is 0.627. The lowest BCUT2D eigenvalue weighted by Crippen LogP contribution is -2.02. The van der Waals surface area contributed by atoms with E-state index in [1.807, 2.05) is 6.92 Å². The van der Waals surface area contributed by atoms with E-state index in [-0.39, 0.29) is 5.82 Å². The van der Waals surface area contributed by atoms with Crippen molar-refractivity contribution < 1.29 is 4.39 Å². The van der Waals surface area contributed by atoms with Crippen LogP contribution in [0.2, 0.25) is 0 Å². The minimum Gasteiger partial charge on any atom is -0.369 e. The molecule has 0 saturated heterocycles. The third kappa shape index (κ3) is 2.91. The molecule has 0 atom stereocenters. The van der Waals surface area contributed by atoms with Gasteiger partial charge in [-0.3, -0.25) is 0 Å². The van der Waals surface area contributed by atoms with Crippen LogP contribution in [0.5, 0.6) is 0 Å². The van der Waals surface area contributed by atoms with Crippen LogP contribution in [0.15, 0.2) is 34.8 Å². The average molecular weight is 320 g/mol. The van der Waals surface area contributed by atoms with Crippen LogP contribution in [0.25, 0.3) is 11.3 Å². The number of benzene rings is 1. The molecule has 2 rings (SSSR count). The van der Waals surface area contributed by atoms with Crippen LogP contribution in [0.3, 0.4) is 0 Å². The molecule has 0 fully saturated rings. The molecule has 3 nitrogen and oxygen atoms in total. The van der Waals surface area contributed by atoms with Gasteiger partial charge in [0.25, 0.3) is 0 Å². The summed E-state index contributed by atoms with van der Waals surface area (Å²) in [7, 11) is 0. The van der Waals surface area contributed by atoms with Crippen molar-refractivity contribution in [1.29, 1.82) is 5.26 Å².